The second-order valence-corrected chi connectivity index (χ2v) is 4.18. The SMILES string of the molecule is COCC(=O)NNC(=S)NCc1ccc(C)cc1. The minimum atomic E-state index is -0.281. The largest absolute Gasteiger partial charge is 0.375 e. The van der Waals surface area contributed by atoms with E-state index in [0.717, 1.165) is 5.56 Å². The van der Waals surface area contributed by atoms with Crippen LogP contribution in [0.15, 0.2) is 24.3 Å². The van der Waals surface area contributed by atoms with Crippen molar-refractivity contribution in [2.24, 2.45) is 0 Å². The van der Waals surface area contributed by atoms with Gasteiger partial charge < -0.3 is 10.1 Å². The summed E-state index contributed by atoms with van der Waals surface area (Å²) >= 11 is 5.00. The number of ether oxygens (including phenoxy) is 1. The predicted molar refractivity (Wildman–Crippen MR) is 73.8 cm³/mol. The molecule has 0 aliphatic heterocycles. The van der Waals surface area contributed by atoms with Crippen molar-refractivity contribution in [3.8, 4) is 0 Å². The molecule has 0 heterocycles. The summed E-state index contributed by atoms with van der Waals surface area (Å²) < 4.78 is 4.66. The van der Waals surface area contributed by atoms with Gasteiger partial charge in [0, 0.05) is 13.7 Å². The van der Waals surface area contributed by atoms with E-state index < -0.39 is 0 Å². The minimum absolute atomic E-state index is 0.00637. The molecule has 0 unspecified atom stereocenters. The van der Waals surface area contributed by atoms with Gasteiger partial charge in [-0.05, 0) is 24.7 Å². The molecular formula is C12H17N3O2S. The van der Waals surface area contributed by atoms with E-state index in [1.807, 2.05) is 31.2 Å². The van der Waals surface area contributed by atoms with Crippen LogP contribution in [0.1, 0.15) is 11.1 Å². The summed E-state index contributed by atoms with van der Waals surface area (Å²) in [7, 11) is 1.45. The van der Waals surface area contributed by atoms with E-state index in [0.29, 0.717) is 11.7 Å². The summed E-state index contributed by atoms with van der Waals surface area (Å²) in [5.74, 6) is -0.281. The van der Waals surface area contributed by atoms with Crippen LogP contribution in [-0.2, 0) is 16.1 Å². The quantitative estimate of drug-likeness (QED) is 0.552. The van der Waals surface area contributed by atoms with Gasteiger partial charge in [-0.2, -0.15) is 0 Å². The number of amides is 1. The lowest BCUT2D eigenvalue weighted by atomic mass is 10.1. The number of hydrazine groups is 1. The molecule has 0 bridgehead atoms. The molecule has 1 aromatic carbocycles. The molecule has 18 heavy (non-hydrogen) atoms. The van der Waals surface area contributed by atoms with Crippen molar-refractivity contribution >= 4 is 23.2 Å². The Morgan fingerprint density at radius 2 is 1.94 bits per heavy atom. The molecule has 0 spiro atoms. The smallest absolute Gasteiger partial charge is 0.264 e. The molecule has 1 amide bonds. The molecule has 0 fully saturated rings. The van der Waals surface area contributed by atoms with E-state index in [-0.39, 0.29) is 12.5 Å². The van der Waals surface area contributed by atoms with Crippen LogP contribution in [0.5, 0.6) is 0 Å². The van der Waals surface area contributed by atoms with Crippen LogP contribution in [0, 0.1) is 6.92 Å². The minimum Gasteiger partial charge on any atom is -0.375 e. The van der Waals surface area contributed by atoms with Crippen molar-refractivity contribution in [3.63, 3.8) is 0 Å². The third-order valence-corrected chi connectivity index (χ3v) is 2.41. The van der Waals surface area contributed by atoms with Gasteiger partial charge >= 0.3 is 0 Å². The molecule has 0 atom stereocenters. The first-order valence-corrected chi connectivity index (χ1v) is 5.90. The van der Waals surface area contributed by atoms with E-state index in [4.69, 9.17) is 12.2 Å². The highest BCUT2D eigenvalue weighted by Gasteiger charge is 2.00. The number of rotatable bonds is 4. The van der Waals surface area contributed by atoms with Gasteiger partial charge in [0.1, 0.15) is 6.61 Å². The fraction of sp³-hybridized carbons (Fsp3) is 0.333. The van der Waals surface area contributed by atoms with Gasteiger partial charge in [-0.15, -0.1) is 0 Å². The third-order valence-electron chi connectivity index (χ3n) is 2.16. The summed E-state index contributed by atoms with van der Waals surface area (Å²) in [6.07, 6.45) is 0. The molecular weight excluding hydrogens is 250 g/mol. The van der Waals surface area contributed by atoms with Crippen molar-refractivity contribution < 1.29 is 9.53 Å². The highest BCUT2D eigenvalue weighted by Crippen LogP contribution is 2.02. The van der Waals surface area contributed by atoms with Crippen LogP contribution in [-0.4, -0.2) is 24.7 Å². The zero-order valence-corrected chi connectivity index (χ0v) is 11.3. The first kappa shape index (κ1) is 14.4. The standard InChI is InChI=1S/C12H17N3O2S/c1-9-3-5-10(6-4-9)7-13-12(18)15-14-11(16)8-17-2/h3-6H,7-8H2,1-2H3,(H,14,16)(H2,13,15,18). The van der Waals surface area contributed by atoms with Crippen LogP contribution in [0.3, 0.4) is 0 Å². The number of thiocarbonyl (C=S) groups is 1. The Balaban J connectivity index is 2.24. The fourth-order valence-corrected chi connectivity index (χ4v) is 1.35. The van der Waals surface area contributed by atoms with Crippen molar-refractivity contribution in [1.29, 1.82) is 0 Å². The predicted octanol–water partition coefficient (Wildman–Crippen LogP) is 0.637. The lowest BCUT2D eigenvalue weighted by Crippen LogP contribution is -2.47. The Kier molecular flexibility index (Phi) is 6.10. The number of benzene rings is 1. The molecule has 0 radical (unpaired) electrons. The molecule has 0 aromatic heterocycles. The van der Waals surface area contributed by atoms with E-state index >= 15 is 0 Å². The van der Waals surface area contributed by atoms with Gasteiger partial charge in [-0.25, -0.2) is 0 Å². The monoisotopic (exact) mass is 267 g/mol. The Bertz CT molecular complexity index is 406. The average Bonchev–Trinajstić information content (AvgIpc) is 2.36. The normalized spacial score (nSPS) is 9.67. The number of carbonyl (C=O) groups is 1. The summed E-state index contributed by atoms with van der Waals surface area (Å²) in [6, 6.07) is 8.12. The first-order chi connectivity index (χ1) is 8.61. The van der Waals surface area contributed by atoms with Crippen molar-refractivity contribution in [1.82, 2.24) is 16.2 Å². The second kappa shape index (κ2) is 7.62. The molecule has 1 aromatic rings. The Hall–Kier alpha value is -1.66. The molecule has 0 saturated heterocycles. The maximum Gasteiger partial charge on any atom is 0.264 e. The number of carbonyl (C=O) groups excluding carboxylic acids is 1. The van der Waals surface area contributed by atoms with Gasteiger partial charge in [0.2, 0.25) is 0 Å². The highest BCUT2D eigenvalue weighted by molar-refractivity contribution is 7.80. The lowest BCUT2D eigenvalue weighted by Gasteiger charge is -2.11. The van der Waals surface area contributed by atoms with E-state index in [1.165, 1.54) is 12.7 Å². The topological polar surface area (TPSA) is 62.4 Å². The first-order valence-electron chi connectivity index (χ1n) is 5.49. The van der Waals surface area contributed by atoms with Gasteiger partial charge in [0.25, 0.3) is 5.91 Å². The summed E-state index contributed by atoms with van der Waals surface area (Å²) in [5, 5.41) is 3.34. The lowest BCUT2D eigenvalue weighted by molar-refractivity contribution is -0.125. The zero-order chi connectivity index (χ0) is 13.4. The Labute approximate surface area is 112 Å². The van der Waals surface area contributed by atoms with E-state index in [1.54, 1.807) is 0 Å². The summed E-state index contributed by atoms with van der Waals surface area (Å²) in [4.78, 5) is 11.1. The van der Waals surface area contributed by atoms with Crippen LogP contribution < -0.4 is 16.2 Å². The second-order valence-electron chi connectivity index (χ2n) is 3.77. The Morgan fingerprint density at radius 3 is 2.56 bits per heavy atom. The number of methoxy groups -OCH3 is 1. The molecule has 6 heteroatoms. The molecule has 3 N–H and O–H groups in total. The third kappa shape index (κ3) is 5.60. The van der Waals surface area contributed by atoms with Crippen molar-refractivity contribution in [3.05, 3.63) is 35.4 Å². The van der Waals surface area contributed by atoms with E-state index in [2.05, 4.69) is 20.9 Å². The van der Waals surface area contributed by atoms with Gasteiger partial charge in [0.05, 0.1) is 0 Å². The number of nitrogens with one attached hydrogen (secondary N) is 3. The average molecular weight is 267 g/mol. The molecule has 98 valence electrons. The van der Waals surface area contributed by atoms with Gasteiger partial charge in [-0.3, -0.25) is 15.6 Å². The zero-order valence-electron chi connectivity index (χ0n) is 10.4. The maximum absolute atomic E-state index is 11.1. The van der Waals surface area contributed by atoms with Crippen LogP contribution in [0.4, 0.5) is 0 Å². The molecule has 0 aliphatic carbocycles. The van der Waals surface area contributed by atoms with Crippen molar-refractivity contribution in [2.45, 2.75) is 13.5 Å². The summed E-state index contributed by atoms with van der Waals surface area (Å²) in [5.41, 5.74) is 7.33. The van der Waals surface area contributed by atoms with Gasteiger partial charge in [0.15, 0.2) is 5.11 Å². The Morgan fingerprint density at radius 1 is 1.28 bits per heavy atom. The molecule has 0 aliphatic rings. The maximum atomic E-state index is 11.1. The number of hydrogen-bond acceptors (Lipinski definition) is 3. The van der Waals surface area contributed by atoms with Crippen LogP contribution in [0.25, 0.3) is 0 Å². The van der Waals surface area contributed by atoms with Crippen LogP contribution in [0.2, 0.25) is 0 Å². The molecule has 0 saturated carbocycles. The molecule has 5 nitrogen and oxygen atoms in total. The number of aryl methyl sites for hydroxylation is 1. The summed E-state index contributed by atoms with van der Waals surface area (Å²) in [6.45, 7) is 2.63. The number of hydrogen-bond donors (Lipinski definition) is 3. The van der Waals surface area contributed by atoms with Gasteiger partial charge in [-0.1, -0.05) is 29.8 Å². The van der Waals surface area contributed by atoms with Crippen LogP contribution >= 0.6 is 12.2 Å². The fourth-order valence-electron chi connectivity index (χ4n) is 1.23. The molecule has 1 rings (SSSR count). The van der Waals surface area contributed by atoms with E-state index in [9.17, 15) is 4.79 Å². The highest BCUT2D eigenvalue weighted by atomic mass is 32.1. The van der Waals surface area contributed by atoms with Crippen molar-refractivity contribution in [2.75, 3.05) is 13.7 Å².